The van der Waals surface area contributed by atoms with Gasteiger partial charge in [0.25, 0.3) is 0 Å². The molecule has 0 amide bonds. The van der Waals surface area contributed by atoms with Crippen LogP contribution in [-0.2, 0) is 13.6 Å². The molecular weight excluding hydrogens is 358 g/mol. The maximum Gasteiger partial charge on any atom is 0.0739 e. The molecule has 0 aliphatic carbocycles. The highest BCUT2D eigenvalue weighted by Gasteiger charge is 2.23. The molecule has 5 heteroatoms. The van der Waals surface area contributed by atoms with Gasteiger partial charge >= 0.3 is 0 Å². The van der Waals surface area contributed by atoms with E-state index in [-0.39, 0.29) is 0 Å². The molecule has 1 aliphatic rings. The minimum absolute atomic E-state index is 0.644. The van der Waals surface area contributed by atoms with Gasteiger partial charge in [0.05, 0.1) is 15.9 Å². The van der Waals surface area contributed by atoms with Gasteiger partial charge in [-0.2, -0.15) is 5.10 Å². The second kappa shape index (κ2) is 6.06. The van der Waals surface area contributed by atoms with Crippen LogP contribution in [0.5, 0.6) is 0 Å². The standard InChI is InChI=1S/C13H21Br2N3/c1-9(14)11-4-6-18(7-5-11)8-12-13(15)10(2)16-17(12)3/h9,11H,4-8H2,1-3H3. The Morgan fingerprint density at radius 1 is 1.39 bits per heavy atom. The summed E-state index contributed by atoms with van der Waals surface area (Å²) in [7, 11) is 2.03. The quantitative estimate of drug-likeness (QED) is 0.750. The first-order valence-corrected chi connectivity index (χ1v) is 8.24. The van der Waals surface area contributed by atoms with Gasteiger partial charge in [0.15, 0.2) is 0 Å². The lowest BCUT2D eigenvalue weighted by molar-refractivity contribution is 0.174. The van der Waals surface area contributed by atoms with E-state index >= 15 is 0 Å². The molecule has 1 saturated heterocycles. The molecule has 0 N–H and O–H groups in total. The Balaban J connectivity index is 1.95. The van der Waals surface area contributed by atoms with Crippen LogP contribution in [-0.4, -0.2) is 32.6 Å². The van der Waals surface area contributed by atoms with Crippen molar-refractivity contribution >= 4 is 31.9 Å². The van der Waals surface area contributed by atoms with Gasteiger partial charge in [0.2, 0.25) is 0 Å². The summed E-state index contributed by atoms with van der Waals surface area (Å²) in [6.45, 7) is 7.70. The number of hydrogen-bond donors (Lipinski definition) is 0. The highest BCUT2D eigenvalue weighted by atomic mass is 79.9. The molecule has 0 radical (unpaired) electrons. The molecule has 0 saturated carbocycles. The van der Waals surface area contributed by atoms with E-state index in [1.165, 1.54) is 36.1 Å². The van der Waals surface area contributed by atoms with Crippen LogP contribution in [0.3, 0.4) is 0 Å². The number of nitrogens with zero attached hydrogens (tertiary/aromatic N) is 3. The molecule has 1 unspecified atom stereocenters. The largest absolute Gasteiger partial charge is 0.297 e. The van der Waals surface area contributed by atoms with Crippen LogP contribution in [0.2, 0.25) is 0 Å². The summed E-state index contributed by atoms with van der Waals surface area (Å²) in [5.74, 6) is 0.831. The van der Waals surface area contributed by atoms with E-state index in [1.54, 1.807) is 0 Å². The first-order chi connectivity index (χ1) is 8.49. The second-order valence-electron chi connectivity index (χ2n) is 5.26. The van der Waals surface area contributed by atoms with E-state index in [0.29, 0.717) is 4.83 Å². The smallest absolute Gasteiger partial charge is 0.0739 e. The normalized spacial score (nSPS) is 20.3. The predicted octanol–water partition coefficient (Wildman–Crippen LogP) is 3.49. The van der Waals surface area contributed by atoms with Crippen molar-refractivity contribution in [1.29, 1.82) is 0 Å². The minimum atomic E-state index is 0.644. The molecule has 1 aromatic rings. The zero-order valence-electron chi connectivity index (χ0n) is 11.3. The molecule has 1 aliphatic heterocycles. The molecule has 0 spiro atoms. The molecule has 102 valence electrons. The van der Waals surface area contributed by atoms with E-state index < -0.39 is 0 Å². The highest BCUT2D eigenvalue weighted by Crippen LogP contribution is 2.27. The van der Waals surface area contributed by atoms with Crippen molar-refractivity contribution in [1.82, 2.24) is 14.7 Å². The summed E-state index contributed by atoms with van der Waals surface area (Å²) in [6, 6.07) is 0. The number of piperidine rings is 1. The second-order valence-corrected chi connectivity index (χ2v) is 7.50. The maximum absolute atomic E-state index is 4.45. The molecule has 1 fully saturated rings. The van der Waals surface area contributed by atoms with Crippen molar-refractivity contribution in [3.8, 4) is 0 Å². The Bertz CT molecular complexity index is 407. The zero-order chi connectivity index (χ0) is 13.3. The van der Waals surface area contributed by atoms with E-state index in [9.17, 15) is 0 Å². The molecule has 2 rings (SSSR count). The number of likely N-dealkylation sites (tertiary alicyclic amines) is 1. The summed E-state index contributed by atoms with van der Waals surface area (Å²) >= 11 is 7.35. The lowest BCUT2D eigenvalue weighted by Crippen LogP contribution is -2.35. The Morgan fingerprint density at radius 3 is 2.44 bits per heavy atom. The summed E-state index contributed by atoms with van der Waals surface area (Å²) in [5.41, 5.74) is 2.37. The summed E-state index contributed by atoms with van der Waals surface area (Å²) in [4.78, 5) is 3.18. The van der Waals surface area contributed by atoms with E-state index in [2.05, 4.69) is 48.8 Å². The number of hydrogen-bond acceptors (Lipinski definition) is 2. The van der Waals surface area contributed by atoms with Gasteiger partial charge < -0.3 is 0 Å². The van der Waals surface area contributed by atoms with Crippen LogP contribution in [0.1, 0.15) is 31.2 Å². The van der Waals surface area contributed by atoms with Crippen molar-refractivity contribution in [2.24, 2.45) is 13.0 Å². The lowest BCUT2D eigenvalue weighted by Gasteiger charge is -2.33. The van der Waals surface area contributed by atoms with Crippen molar-refractivity contribution in [2.75, 3.05) is 13.1 Å². The first-order valence-electron chi connectivity index (χ1n) is 6.53. The lowest BCUT2D eigenvalue weighted by atomic mass is 9.94. The average Bonchev–Trinajstić information content (AvgIpc) is 2.57. The van der Waals surface area contributed by atoms with Crippen LogP contribution >= 0.6 is 31.9 Å². The van der Waals surface area contributed by atoms with Crippen molar-refractivity contribution in [2.45, 2.75) is 38.1 Å². The maximum atomic E-state index is 4.45. The summed E-state index contributed by atoms with van der Waals surface area (Å²) in [6.07, 6.45) is 2.59. The fourth-order valence-corrected chi connectivity index (χ4v) is 3.62. The third-order valence-electron chi connectivity index (χ3n) is 3.92. The Morgan fingerprint density at radius 2 is 2.00 bits per heavy atom. The van der Waals surface area contributed by atoms with Gasteiger partial charge in [-0.3, -0.25) is 9.58 Å². The number of halogens is 2. The van der Waals surface area contributed by atoms with Crippen LogP contribution < -0.4 is 0 Å². The third kappa shape index (κ3) is 3.17. The Kier molecular flexibility index (Phi) is 4.89. The van der Waals surface area contributed by atoms with Crippen molar-refractivity contribution < 1.29 is 0 Å². The van der Waals surface area contributed by atoms with Gasteiger partial charge in [0.1, 0.15) is 0 Å². The van der Waals surface area contributed by atoms with E-state index in [1.807, 2.05) is 18.7 Å². The van der Waals surface area contributed by atoms with Crippen LogP contribution in [0.25, 0.3) is 0 Å². The molecular formula is C13H21Br2N3. The average molecular weight is 379 g/mol. The fraction of sp³-hybridized carbons (Fsp3) is 0.769. The van der Waals surface area contributed by atoms with E-state index in [4.69, 9.17) is 0 Å². The minimum Gasteiger partial charge on any atom is -0.297 e. The zero-order valence-corrected chi connectivity index (χ0v) is 14.5. The molecule has 2 heterocycles. The van der Waals surface area contributed by atoms with Gasteiger partial charge in [-0.05, 0) is 54.7 Å². The number of aryl methyl sites for hydroxylation is 2. The summed E-state index contributed by atoms with van der Waals surface area (Å²) < 4.78 is 3.17. The molecule has 0 bridgehead atoms. The third-order valence-corrected chi connectivity index (χ3v) is 5.70. The van der Waals surface area contributed by atoms with Crippen LogP contribution in [0, 0.1) is 12.8 Å². The Labute approximate surface area is 126 Å². The van der Waals surface area contributed by atoms with Crippen LogP contribution in [0.4, 0.5) is 0 Å². The summed E-state index contributed by atoms with van der Waals surface area (Å²) in [5, 5.41) is 4.45. The fourth-order valence-electron chi connectivity index (χ4n) is 2.63. The molecule has 3 nitrogen and oxygen atoms in total. The van der Waals surface area contributed by atoms with Gasteiger partial charge in [-0.25, -0.2) is 0 Å². The topological polar surface area (TPSA) is 21.1 Å². The van der Waals surface area contributed by atoms with E-state index in [0.717, 1.165) is 18.2 Å². The first kappa shape index (κ1) is 14.5. The number of alkyl halides is 1. The molecule has 18 heavy (non-hydrogen) atoms. The molecule has 0 aromatic carbocycles. The SMILES string of the molecule is Cc1nn(C)c(CN2CCC(C(C)Br)CC2)c1Br. The van der Waals surface area contributed by atoms with Crippen molar-refractivity contribution in [3.63, 3.8) is 0 Å². The molecule has 1 aromatic heterocycles. The number of aromatic nitrogens is 2. The highest BCUT2D eigenvalue weighted by molar-refractivity contribution is 9.10. The van der Waals surface area contributed by atoms with Crippen molar-refractivity contribution in [3.05, 3.63) is 15.9 Å². The molecule has 1 atom stereocenters. The van der Waals surface area contributed by atoms with Gasteiger partial charge in [-0.15, -0.1) is 0 Å². The van der Waals surface area contributed by atoms with Crippen LogP contribution in [0.15, 0.2) is 4.47 Å². The van der Waals surface area contributed by atoms with Gasteiger partial charge in [-0.1, -0.05) is 22.9 Å². The Hall–Kier alpha value is 0.130. The predicted molar refractivity (Wildman–Crippen MR) is 82.0 cm³/mol. The van der Waals surface area contributed by atoms with Gasteiger partial charge in [0, 0.05) is 18.4 Å². The monoisotopic (exact) mass is 377 g/mol. The number of rotatable bonds is 3.